The zero-order valence-electron chi connectivity index (χ0n) is 12.4. The highest BCUT2D eigenvalue weighted by Crippen LogP contribution is 2.24. The van der Waals surface area contributed by atoms with Gasteiger partial charge >= 0.3 is 5.97 Å². The lowest BCUT2D eigenvalue weighted by atomic mass is 10.3. The van der Waals surface area contributed by atoms with Gasteiger partial charge in [0, 0.05) is 12.7 Å². The van der Waals surface area contributed by atoms with Crippen molar-refractivity contribution in [2.45, 2.75) is 13.3 Å². The summed E-state index contributed by atoms with van der Waals surface area (Å²) in [6.07, 6.45) is 2.27. The average molecular weight is 356 g/mol. The molecule has 0 fully saturated rings. The van der Waals surface area contributed by atoms with Crippen LogP contribution in [0.2, 0.25) is 10.0 Å². The van der Waals surface area contributed by atoms with E-state index < -0.39 is 11.9 Å². The number of rotatable bonds is 6. The molecule has 0 unspecified atom stereocenters. The van der Waals surface area contributed by atoms with Gasteiger partial charge in [-0.25, -0.2) is 4.68 Å². The summed E-state index contributed by atoms with van der Waals surface area (Å²) in [5.41, 5.74) is 0.824. The van der Waals surface area contributed by atoms with Crippen LogP contribution < -0.4 is 0 Å². The molecule has 0 aliphatic rings. The number of carboxylic acid groups (broad SMARTS) is 1. The monoisotopic (exact) mass is 355 g/mol. The predicted octanol–water partition coefficient (Wildman–Crippen LogP) is 3.12. The van der Waals surface area contributed by atoms with Crippen LogP contribution in [0.1, 0.15) is 23.8 Å². The molecule has 23 heavy (non-hydrogen) atoms. The van der Waals surface area contributed by atoms with E-state index in [1.165, 1.54) is 15.6 Å². The van der Waals surface area contributed by atoms with Gasteiger partial charge in [-0.05, 0) is 30.7 Å². The molecule has 2 rings (SSSR count). The van der Waals surface area contributed by atoms with E-state index >= 15 is 0 Å². The molecule has 8 heteroatoms. The fourth-order valence-electron chi connectivity index (χ4n) is 2.06. The fraction of sp³-hybridized carbons (Fsp3) is 0.267. The van der Waals surface area contributed by atoms with Crippen LogP contribution in [0.15, 0.2) is 30.5 Å². The first-order chi connectivity index (χ1) is 10.9. The van der Waals surface area contributed by atoms with E-state index in [9.17, 15) is 9.59 Å². The Morgan fingerprint density at radius 3 is 2.61 bits per heavy atom. The van der Waals surface area contributed by atoms with Gasteiger partial charge in [0.25, 0.3) is 5.91 Å². The number of hydrogen-bond acceptors (Lipinski definition) is 3. The molecule has 0 radical (unpaired) electrons. The summed E-state index contributed by atoms with van der Waals surface area (Å²) in [6.45, 7) is 1.87. The molecule has 2 aromatic rings. The summed E-state index contributed by atoms with van der Waals surface area (Å²) in [6, 6.07) is 6.52. The number of aliphatic carboxylic acids is 1. The standard InChI is InChI=1S/C15H15Cl2N3O3/c1-2-6-19(9-14(21)22)15(23)13-5-7-20(18-13)10-3-4-11(16)12(17)8-10/h3-5,7-8H,2,6,9H2,1H3,(H,21,22). The Kier molecular flexibility index (Phi) is 5.63. The van der Waals surface area contributed by atoms with Crippen LogP contribution in [0, 0.1) is 0 Å². The fourth-order valence-corrected chi connectivity index (χ4v) is 2.35. The molecule has 0 aliphatic carbocycles. The zero-order chi connectivity index (χ0) is 17.0. The second-order valence-corrected chi connectivity index (χ2v) is 5.68. The van der Waals surface area contributed by atoms with Crippen molar-refractivity contribution < 1.29 is 14.7 Å². The Labute approximate surface area is 143 Å². The number of carbonyl (C=O) groups is 2. The van der Waals surface area contributed by atoms with Crippen molar-refractivity contribution in [1.29, 1.82) is 0 Å². The first kappa shape index (κ1) is 17.3. The number of benzene rings is 1. The van der Waals surface area contributed by atoms with Crippen molar-refractivity contribution in [3.63, 3.8) is 0 Å². The highest BCUT2D eigenvalue weighted by molar-refractivity contribution is 6.42. The van der Waals surface area contributed by atoms with Gasteiger partial charge in [-0.15, -0.1) is 0 Å². The minimum absolute atomic E-state index is 0.172. The maximum atomic E-state index is 12.4. The first-order valence-electron chi connectivity index (χ1n) is 6.94. The summed E-state index contributed by atoms with van der Waals surface area (Å²) >= 11 is 11.8. The molecular weight excluding hydrogens is 341 g/mol. The Bertz CT molecular complexity index is 731. The van der Waals surface area contributed by atoms with Crippen LogP contribution in [-0.2, 0) is 4.79 Å². The van der Waals surface area contributed by atoms with Gasteiger partial charge in [-0.2, -0.15) is 5.10 Å². The Balaban J connectivity index is 2.24. The summed E-state index contributed by atoms with van der Waals surface area (Å²) in [5, 5.41) is 13.9. The number of carbonyl (C=O) groups excluding carboxylic acids is 1. The van der Waals surface area contributed by atoms with Crippen LogP contribution in [0.3, 0.4) is 0 Å². The van der Waals surface area contributed by atoms with E-state index in [1.54, 1.807) is 24.4 Å². The van der Waals surface area contributed by atoms with Gasteiger partial charge in [0.2, 0.25) is 0 Å². The largest absolute Gasteiger partial charge is 0.480 e. The summed E-state index contributed by atoms with van der Waals surface area (Å²) in [4.78, 5) is 24.5. The SMILES string of the molecule is CCCN(CC(=O)O)C(=O)c1ccn(-c2ccc(Cl)c(Cl)c2)n1. The van der Waals surface area contributed by atoms with Crippen molar-refractivity contribution >= 4 is 35.1 Å². The van der Waals surface area contributed by atoms with E-state index in [0.717, 1.165) is 0 Å². The molecule has 0 atom stereocenters. The molecule has 0 aliphatic heterocycles. The molecule has 1 amide bonds. The van der Waals surface area contributed by atoms with Crippen molar-refractivity contribution in [2.24, 2.45) is 0 Å². The second kappa shape index (κ2) is 7.48. The van der Waals surface area contributed by atoms with E-state index in [2.05, 4.69) is 5.10 Å². The minimum Gasteiger partial charge on any atom is -0.480 e. The van der Waals surface area contributed by atoms with Gasteiger partial charge in [-0.3, -0.25) is 9.59 Å². The number of aromatic nitrogens is 2. The molecule has 6 nitrogen and oxygen atoms in total. The van der Waals surface area contributed by atoms with Crippen molar-refractivity contribution in [2.75, 3.05) is 13.1 Å². The first-order valence-corrected chi connectivity index (χ1v) is 7.70. The van der Waals surface area contributed by atoms with Crippen LogP contribution in [0.5, 0.6) is 0 Å². The van der Waals surface area contributed by atoms with E-state index in [0.29, 0.717) is 28.7 Å². The minimum atomic E-state index is -1.06. The van der Waals surface area contributed by atoms with Crippen LogP contribution in [-0.4, -0.2) is 44.8 Å². The lowest BCUT2D eigenvalue weighted by Crippen LogP contribution is -2.36. The highest BCUT2D eigenvalue weighted by Gasteiger charge is 2.20. The van der Waals surface area contributed by atoms with Gasteiger partial charge in [0.05, 0.1) is 15.7 Å². The third kappa shape index (κ3) is 4.24. The maximum absolute atomic E-state index is 12.4. The predicted molar refractivity (Wildman–Crippen MR) is 87.4 cm³/mol. The quantitative estimate of drug-likeness (QED) is 0.863. The molecule has 122 valence electrons. The number of amides is 1. The van der Waals surface area contributed by atoms with Crippen LogP contribution in [0.25, 0.3) is 5.69 Å². The topological polar surface area (TPSA) is 75.4 Å². The number of hydrogen-bond donors (Lipinski definition) is 1. The zero-order valence-corrected chi connectivity index (χ0v) is 13.9. The Hall–Kier alpha value is -2.05. The molecule has 1 aromatic carbocycles. The van der Waals surface area contributed by atoms with Crippen LogP contribution in [0.4, 0.5) is 0 Å². The molecule has 1 N–H and O–H groups in total. The van der Waals surface area contributed by atoms with Crippen molar-refractivity contribution in [1.82, 2.24) is 14.7 Å². The smallest absolute Gasteiger partial charge is 0.323 e. The Morgan fingerprint density at radius 2 is 2.00 bits per heavy atom. The molecule has 1 aromatic heterocycles. The summed E-state index contributed by atoms with van der Waals surface area (Å²) in [5.74, 6) is -1.48. The molecular formula is C15H15Cl2N3O3. The molecule has 1 heterocycles. The highest BCUT2D eigenvalue weighted by atomic mass is 35.5. The third-order valence-electron chi connectivity index (χ3n) is 3.08. The Morgan fingerprint density at radius 1 is 1.26 bits per heavy atom. The summed E-state index contributed by atoms with van der Waals surface area (Å²) < 4.78 is 1.49. The van der Waals surface area contributed by atoms with Gasteiger partial charge in [-0.1, -0.05) is 30.1 Å². The normalized spacial score (nSPS) is 10.6. The second-order valence-electron chi connectivity index (χ2n) is 4.86. The van der Waals surface area contributed by atoms with E-state index in [-0.39, 0.29) is 12.2 Å². The lowest BCUT2D eigenvalue weighted by Gasteiger charge is -2.18. The van der Waals surface area contributed by atoms with Gasteiger partial charge in [0.1, 0.15) is 6.54 Å². The van der Waals surface area contributed by atoms with Gasteiger partial charge < -0.3 is 10.0 Å². The van der Waals surface area contributed by atoms with Crippen molar-refractivity contribution in [3.05, 3.63) is 46.2 Å². The lowest BCUT2D eigenvalue weighted by molar-refractivity contribution is -0.137. The third-order valence-corrected chi connectivity index (χ3v) is 3.82. The van der Waals surface area contributed by atoms with E-state index in [1.807, 2.05) is 6.92 Å². The van der Waals surface area contributed by atoms with Crippen LogP contribution >= 0.6 is 23.2 Å². The average Bonchev–Trinajstić information content (AvgIpc) is 2.98. The molecule has 0 saturated heterocycles. The van der Waals surface area contributed by atoms with Gasteiger partial charge in [0.15, 0.2) is 5.69 Å². The molecule has 0 spiro atoms. The van der Waals surface area contributed by atoms with E-state index in [4.69, 9.17) is 28.3 Å². The number of nitrogens with zero attached hydrogens (tertiary/aromatic N) is 3. The van der Waals surface area contributed by atoms with Crippen molar-refractivity contribution in [3.8, 4) is 5.69 Å². The maximum Gasteiger partial charge on any atom is 0.323 e. The number of halogens is 2. The molecule has 0 bridgehead atoms. The summed E-state index contributed by atoms with van der Waals surface area (Å²) in [7, 11) is 0. The molecule has 0 saturated carbocycles. The number of carboxylic acids is 1.